The number of aryl methyl sites for hydroxylation is 2. The van der Waals surface area contributed by atoms with Gasteiger partial charge >= 0.3 is 0 Å². The van der Waals surface area contributed by atoms with Gasteiger partial charge in [-0.05, 0) is 62.4 Å². The number of hydrogen-bond donors (Lipinski definition) is 0. The molecule has 0 N–H and O–H groups in total. The first kappa shape index (κ1) is 21.1. The molecule has 0 saturated carbocycles. The molecule has 0 spiro atoms. The van der Waals surface area contributed by atoms with Gasteiger partial charge in [-0.25, -0.2) is 0 Å². The Hall–Kier alpha value is -4.50. The topological polar surface area (TPSA) is 14.8 Å². The molecule has 3 aromatic heterocycles. The second kappa shape index (κ2) is 8.69. The van der Waals surface area contributed by atoms with Crippen molar-refractivity contribution in [1.82, 2.24) is 13.7 Å². The number of nitrogens with zero attached hydrogens (tertiary/aromatic N) is 3. The first-order valence-corrected chi connectivity index (χ1v) is 11.9. The third-order valence-electron chi connectivity index (χ3n) is 6.60. The first-order chi connectivity index (χ1) is 17.2. The minimum atomic E-state index is 1.15. The summed E-state index contributed by atoms with van der Waals surface area (Å²) in [6, 6.07) is 36.1. The zero-order valence-electron chi connectivity index (χ0n) is 20.0. The third-order valence-corrected chi connectivity index (χ3v) is 6.60. The SMILES string of the molecule is Cc1cc(-c2cn(-c3ccccc3)cc2-c2cc(C)n(-c3ccccc3)c2)cn1-c1ccccc1. The van der Waals surface area contributed by atoms with Crippen molar-refractivity contribution in [1.29, 1.82) is 0 Å². The largest absolute Gasteiger partial charge is 0.323 e. The van der Waals surface area contributed by atoms with Gasteiger partial charge in [-0.2, -0.15) is 0 Å². The van der Waals surface area contributed by atoms with Crippen LogP contribution in [0.25, 0.3) is 39.3 Å². The molecule has 0 aliphatic rings. The van der Waals surface area contributed by atoms with Gasteiger partial charge in [-0.1, -0.05) is 54.6 Å². The zero-order valence-corrected chi connectivity index (χ0v) is 20.0. The van der Waals surface area contributed by atoms with Crippen LogP contribution in [0.15, 0.2) is 128 Å². The fourth-order valence-electron chi connectivity index (χ4n) is 4.84. The Morgan fingerprint density at radius 2 is 0.800 bits per heavy atom. The molecule has 0 aliphatic heterocycles. The fraction of sp³-hybridized carbons (Fsp3) is 0.0625. The van der Waals surface area contributed by atoms with Gasteiger partial charge in [0.05, 0.1) is 0 Å². The smallest absolute Gasteiger partial charge is 0.0452 e. The van der Waals surface area contributed by atoms with Gasteiger partial charge < -0.3 is 13.7 Å². The van der Waals surface area contributed by atoms with E-state index in [9.17, 15) is 0 Å². The molecular weight excluding hydrogens is 426 g/mol. The number of aromatic nitrogens is 3. The monoisotopic (exact) mass is 453 g/mol. The predicted octanol–water partition coefficient (Wildman–Crippen LogP) is 8.01. The maximum absolute atomic E-state index is 2.28. The molecule has 0 unspecified atom stereocenters. The first-order valence-electron chi connectivity index (χ1n) is 11.9. The molecule has 3 heterocycles. The number of hydrogen-bond acceptors (Lipinski definition) is 0. The Kier molecular flexibility index (Phi) is 5.23. The molecule has 0 fully saturated rings. The Bertz CT molecular complexity index is 1480. The highest BCUT2D eigenvalue weighted by atomic mass is 15.0. The van der Waals surface area contributed by atoms with Crippen LogP contribution in [0.3, 0.4) is 0 Å². The molecule has 3 heteroatoms. The van der Waals surface area contributed by atoms with E-state index in [1.165, 1.54) is 45.0 Å². The average Bonchev–Trinajstić information content (AvgIpc) is 3.62. The number of para-hydroxylation sites is 3. The van der Waals surface area contributed by atoms with E-state index in [2.05, 4.69) is 155 Å². The minimum absolute atomic E-state index is 1.15. The summed E-state index contributed by atoms with van der Waals surface area (Å²) >= 11 is 0. The van der Waals surface area contributed by atoms with Gasteiger partial charge in [-0.3, -0.25) is 0 Å². The standard InChI is InChI=1S/C32H27N3/c1-24-18-26(20-34(24)29-14-8-4-9-15-29)31-22-33(28-12-6-3-7-13-28)23-32(31)27-19-25(2)35(21-27)30-16-10-5-11-17-30/h3-23H,1-2H3. The summed E-state index contributed by atoms with van der Waals surface area (Å²) in [5, 5.41) is 0. The van der Waals surface area contributed by atoms with Crippen LogP contribution in [0.1, 0.15) is 11.4 Å². The molecule has 3 aromatic carbocycles. The van der Waals surface area contributed by atoms with E-state index in [-0.39, 0.29) is 0 Å². The van der Waals surface area contributed by atoms with Gasteiger partial charge in [0.15, 0.2) is 0 Å². The maximum atomic E-state index is 2.28. The molecule has 0 radical (unpaired) electrons. The van der Waals surface area contributed by atoms with Crippen LogP contribution in [0.5, 0.6) is 0 Å². The van der Waals surface area contributed by atoms with Crippen molar-refractivity contribution in [2.24, 2.45) is 0 Å². The van der Waals surface area contributed by atoms with E-state index in [1.807, 2.05) is 0 Å². The van der Waals surface area contributed by atoms with Crippen LogP contribution in [-0.2, 0) is 0 Å². The highest BCUT2D eigenvalue weighted by Crippen LogP contribution is 2.37. The van der Waals surface area contributed by atoms with Gasteiger partial charge in [-0.15, -0.1) is 0 Å². The third kappa shape index (κ3) is 3.91. The van der Waals surface area contributed by atoms with Gasteiger partial charge in [0, 0.05) is 75.5 Å². The van der Waals surface area contributed by atoms with Crippen molar-refractivity contribution in [3.63, 3.8) is 0 Å². The highest BCUT2D eigenvalue weighted by Gasteiger charge is 2.17. The van der Waals surface area contributed by atoms with Crippen molar-refractivity contribution >= 4 is 0 Å². The van der Waals surface area contributed by atoms with E-state index in [0.717, 1.165) is 5.69 Å². The molecule has 0 saturated heterocycles. The van der Waals surface area contributed by atoms with Gasteiger partial charge in [0.25, 0.3) is 0 Å². The van der Waals surface area contributed by atoms with Crippen LogP contribution in [-0.4, -0.2) is 13.7 Å². The summed E-state index contributed by atoms with van der Waals surface area (Å²) in [7, 11) is 0. The molecule has 3 nitrogen and oxygen atoms in total. The zero-order chi connectivity index (χ0) is 23.8. The summed E-state index contributed by atoms with van der Waals surface area (Å²) in [6.07, 6.45) is 9.01. The number of benzene rings is 3. The molecule has 0 atom stereocenters. The van der Waals surface area contributed by atoms with E-state index in [1.54, 1.807) is 0 Å². The van der Waals surface area contributed by atoms with Gasteiger partial charge in [0.1, 0.15) is 0 Å². The molecule has 0 aliphatic carbocycles. The van der Waals surface area contributed by atoms with Crippen molar-refractivity contribution in [2.45, 2.75) is 13.8 Å². The number of rotatable bonds is 5. The van der Waals surface area contributed by atoms with Crippen molar-refractivity contribution < 1.29 is 0 Å². The Morgan fingerprint density at radius 1 is 0.429 bits per heavy atom. The van der Waals surface area contributed by atoms with E-state index in [0.29, 0.717) is 0 Å². The molecule has 0 bridgehead atoms. The average molecular weight is 454 g/mol. The molecule has 35 heavy (non-hydrogen) atoms. The summed E-state index contributed by atoms with van der Waals surface area (Å²) in [5.41, 5.74) is 10.8. The van der Waals surface area contributed by atoms with Crippen LogP contribution in [0, 0.1) is 13.8 Å². The quantitative estimate of drug-likeness (QED) is 0.251. The van der Waals surface area contributed by atoms with Crippen molar-refractivity contribution in [2.75, 3.05) is 0 Å². The summed E-state index contributed by atoms with van der Waals surface area (Å²) < 4.78 is 6.76. The summed E-state index contributed by atoms with van der Waals surface area (Å²) in [5.74, 6) is 0. The highest BCUT2D eigenvalue weighted by molar-refractivity contribution is 5.84. The minimum Gasteiger partial charge on any atom is -0.323 e. The van der Waals surface area contributed by atoms with Crippen molar-refractivity contribution in [3.05, 3.63) is 139 Å². The van der Waals surface area contributed by atoms with Crippen LogP contribution >= 0.6 is 0 Å². The van der Waals surface area contributed by atoms with Gasteiger partial charge in [0.2, 0.25) is 0 Å². The molecule has 0 amide bonds. The predicted molar refractivity (Wildman–Crippen MR) is 145 cm³/mol. The van der Waals surface area contributed by atoms with Crippen LogP contribution in [0.4, 0.5) is 0 Å². The Balaban J connectivity index is 1.51. The van der Waals surface area contributed by atoms with E-state index >= 15 is 0 Å². The molecular formula is C32H27N3. The molecule has 170 valence electrons. The molecule has 6 aromatic rings. The second-order valence-electron chi connectivity index (χ2n) is 8.98. The fourth-order valence-corrected chi connectivity index (χ4v) is 4.84. The van der Waals surface area contributed by atoms with E-state index in [4.69, 9.17) is 0 Å². The molecule has 6 rings (SSSR count). The lowest BCUT2D eigenvalue weighted by atomic mass is 10.0. The summed E-state index contributed by atoms with van der Waals surface area (Å²) in [6.45, 7) is 4.33. The van der Waals surface area contributed by atoms with Crippen LogP contribution < -0.4 is 0 Å². The second-order valence-corrected chi connectivity index (χ2v) is 8.98. The van der Waals surface area contributed by atoms with E-state index < -0.39 is 0 Å². The van der Waals surface area contributed by atoms with Crippen LogP contribution in [0.2, 0.25) is 0 Å². The lowest BCUT2D eigenvalue weighted by molar-refractivity contribution is 1.02. The Labute approximate surface area is 206 Å². The Morgan fingerprint density at radius 3 is 1.20 bits per heavy atom. The maximum Gasteiger partial charge on any atom is 0.0452 e. The lowest BCUT2D eigenvalue weighted by Gasteiger charge is -2.05. The lowest BCUT2D eigenvalue weighted by Crippen LogP contribution is -1.93. The normalized spacial score (nSPS) is 11.1. The summed E-state index contributed by atoms with van der Waals surface area (Å²) in [4.78, 5) is 0. The van der Waals surface area contributed by atoms with Crippen molar-refractivity contribution in [3.8, 4) is 39.3 Å².